The Bertz CT molecular complexity index is 485. The van der Waals surface area contributed by atoms with Gasteiger partial charge in [-0.05, 0) is 24.1 Å². The molecule has 17 heavy (non-hydrogen) atoms. The van der Waals surface area contributed by atoms with E-state index in [-0.39, 0.29) is 5.92 Å². The van der Waals surface area contributed by atoms with E-state index in [4.69, 9.17) is 5.26 Å². The number of nitriles is 1. The smallest absolute Gasteiger partial charge is 0.0628 e. The summed E-state index contributed by atoms with van der Waals surface area (Å²) in [5, 5.41) is 8.91. The molecule has 2 rings (SSSR count). The Hall–Kier alpha value is -2.14. The molecule has 1 unspecified atom stereocenters. The Balaban J connectivity index is 2.17. The van der Waals surface area contributed by atoms with Crippen molar-refractivity contribution < 1.29 is 0 Å². The lowest BCUT2D eigenvalue weighted by atomic mass is 9.91. The molecule has 0 saturated carbocycles. The quantitative estimate of drug-likeness (QED) is 0.795. The molecule has 0 fully saturated rings. The van der Waals surface area contributed by atoms with Gasteiger partial charge in [-0.3, -0.25) is 4.98 Å². The van der Waals surface area contributed by atoms with Gasteiger partial charge in [-0.15, -0.1) is 0 Å². The van der Waals surface area contributed by atoms with Crippen molar-refractivity contribution in [3.63, 3.8) is 0 Å². The maximum absolute atomic E-state index is 8.91. The summed E-state index contributed by atoms with van der Waals surface area (Å²) in [6.07, 6.45) is 3.14. The monoisotopic (exact) mass is 222 g/mol. The molecule has 0 aliphatic rings. The van der Waals surface area contributed by atoms with Gasteiger partial charge < -0.3 is 0 Å². The van der Waals surface area contributed by atoms with E-state index in [0.717, 1.165) is 12.1 Å². The van der Waals surface area contributed by atoms with Crippen molar-refractivity contribution in [2.45, 2.75) is 18.8 Å². The van der Waals surface area contributed by atoms with Crippen LogP contribution in [0.2, 0.25) is 0 Å². The standard InChI is InChI=1S/C15H14N2/c16-10-9-14(13-6-2-1-3-7-13)12-15-8-4-5-11-17-15/h1-8,11,14H,9,12H2. The number of aromatic nitrogens is 1. The van der Waals surface area contributed by atoms with Gasteiger partial charge >= 0.3 is 0 Å². The minimum Gasteiger partial charge on any atom is -0.261 e. The minimum absolute atomic E-state index is 0.232. The van der Waals surface area contributed by atoms with E-state index in [9.17, 15) is 0 Å². The lowest BCUT2D eigenvalue weighted by Crippen LogP contribution is -2.03. The zero-order chi connectivity index (χ0) is 11.9. The van der Waals surface area contributed by atoms with Crippen LogP contribution in [0.1, 0.15) is 23.6 Å². The second-order valence-electron chi connectivity index (χ2n) is 4.00. The van der Waals surface area contributed by atoms with Crippen LogP contribution in [0.4, 0.5) is 0 Å². The number of rotatable bonds is 4. The average Bonchev–Trinajstić information content (AvgIpc) is 2.40. The molecular weight excluding hydrogens is 208 g/mol. The molecule has 0 radical (unpaired) electrons. The number of benzene rings is 1. The zero-order valence-corrected chi connectivity index (χ0v) is 9.58. The van der Waals surface area contributed by atoms with Gasteiger partial charge in [-0.25, -0.2) is 0 Å². The van der Waals surface area contributed by atoms with Gasteiger partial charge in [0, 0.05) is 24.2 Å². The van der Waals surface area contributed by atoms with Gasteiger partial charge in [0.05, 0.1) is 6.07 Å². The van der Waals surface area contributed by atoms with Crippen LogP contribution >= 0.6 is 0 Å². The van der Waals surface area contributed by atoms with E-state index >= 15 is 0 Å². The summed E-state index contributed by atoms with van der Waals surface area (Å²) in [6.45, 7) is 0. The molecule has 1 aromatic heterocycles. The lowest BCUT2D eigenvalue weighted by molar-refractivity contribution is 0.688. The molecule has 0 saturated heterocycles. The Kier molecular flexibility index (Phi) is 3.88. The van der Waals surface area contributed by atoms with Gasteiger partial charge in [0.15, 0.2) is 0 Å². The SMILES string of the molecule is N#CCC(Cc1ccccn1)c1ccccc1. The Morgan fingerprint density at radius 1 is 1.06 bits per heavy atom. The molecule has 0 spiro atoms. The van der Waals surface area contributed by atoms with Crippen molar-refractivity contribution in [1.82, 2.24) is 4.98 Å². The molecule has 0 bridgehead atoms. The number of hydrogen-bond donors (Lipinski definition) is 0. The van der Waals surface area contributed by atoms with Crippen LogP contribution in [0.25, 0.3) is 0 Å². The summed E-state index contributed by atoms with van der Waals surface area (Å²) in [4.78, 5) is 4.32. The van der Waals surface area contributed by atoms with Gasteiger partial charge in [-0.2, -0.15) is 5.26 Å². The third-order valence-corrected chi connectivity index (χ3v) is 2.79. The maximum Gasteiger partial charge on any atom is 0.0628 e. The lowest BCUT2D eigenvalue weighted by Gasteiger charge is -2.13. The molecule has 84 valence electrons. The van der Waals surface area contributed by atoms with E-state index in [1.165, 1.54) is 5.56 Å². The first-order valence-electron chi connectivity index (χ1n) is 5.72. The highest BCUT2D eigenvalue weighted by Gasteiger charge is 2.12. The van der Waals surface area contributed by atoms with E-state index in [1.54, 1.807) is 6.20 Å². The fourth-order valence-electron chi connectivity index (χ4n) is 1.91. The summed E-state index contributed by atoms with van der Waals surface area (Å²) < 4.78 is 0. The van der Waals surface area contributed by atoms with Gasteiger partial charge in [0.1, 0.15) is 0 Å². The van der Waals surface area contributed by atoms with Crippen molar-refractivity contribution in [1.29, 1.82) is 5.26 Å². The van der Waals surface area contributed by atoms with E-state index in [1.807, 2.05) is 36.4 Å². The summed E-state index contributed by atoms with van der Waals surface area (Å²) in [7, 11) is 0. The fraction of sp³-hybridized carbons (Fsp3) is 0.200. The second kappa shape index (κ2) is 5.81. The van der Waals surface area contributed by atoms with E-state index in [0.29, 0.717) is 6.42 Å². The van der Waals surface area contributed by atoms with Crippen LogP contribution in [-0.4, -0.2) is 4.98 Å². The third-order valence-electron chi connectivity index (χ3n) is 2.79. The first kappa shape index (κ1) is 11.3. The number of nitrogens with zero attached hydrogens (tertiary/aromatic N) is 2. The van der Waals surface area contributed by atoms with Crippen LogP contribution in [-0.2, 0) is 6.42 Å². The normalized spacial score (nSPS) is 11.7. The van der Waals surface area contributed by atoms with Crippen LogP contribution in [0.5, 0.6) is 0 Å². The largest absolute Gasteiger partial charge is 0.261 e. The highest BCUT2D eigenvalue weighted by atomic mass is 14.7. The van der Waals surface area contributed by atoms with Crippen molar-refractivity contribution >= 4 is 0 Å². The molecule has 2 heteroatoms. The average molecular weight is 222 g/mol. The minimum atomic E-state index is 0.232. The molecule has 1 aromatic carbocycles. The number of pyridine rings is 1. The highest BCUT2D eigenvalue weighted by Crippen LogP contribution is 2.22. The molecule has 1 heterocycles. The molecule has 0 aliphatic heterocycles. The van der Waals surface area contributed by atoms with E-state index in [2.05, 4.69) is 23.2 Å². The van der Waals surface area contributed by atoms with Crippen LogP contribution in [0, 0.1) is 11.3 Å². The number of hydrogen-bond acceptors (Lipinski definition) is 2. The molecule has 2 aromatic rings. The summed E-state index contributed by atoms with van der Waals surface area (Å²) >= 11 is 0. The van der Waals surface area contributed by atoms with Crippen molar-refractivity contribution in [2.75, 3.05) is 0 Å². The third kappa shape index (κ3) is 3.15. The van der Waals surface area contributed by atoms with Gasteiger partial charge in [0.2, 0.25) is 0 Å². The maximum atomic E-state index is 8.91. The molecule has 1 atom stereocenters. The van der Waals surface area contributed by atoms with Crippen molar-refractivity contribution in [2.24, 2.45) is 0 Å². The van der Waals surface area contributed by atoms with E-state index < -0.39 is 0 Å². The van der Waals surface area contributed by atoms with Crippen molar-refractivity contribution in [3.8, 4) is 6.07 Å². The molecular formula is C15H14N2. The fourth-order valence-corrected chi connectivity index (χ4v) is 1.91. The molecule has 0 N–H and O–H groups in total. The summed E-state index contributed by atoms with van der Waals surface area (Å²) in [6, 6.07) is 18.3. The first-order chi connectivity index (χ1) is 8.40. The topological polar surface area (TPSA) is 36.7 Å². The predicted octanol–water partition coefficient (Wildman–Crippen LogP) is 3.32. The summed E-state index contributed by atoms with van der Waals surface area (Å²) in [5.74, 6) is 0.232. The van der Waals surface area contributed by atoms with Crippen LogP contribution in [0.3, 0.4) is 0 Å². The second-order valence-corrected chi connectivity index (χ2v) is 4.00. The Morgan fingerprint density at radius 3 is 2.47 bits per heavy atom. The van der Waals surface area contributed by atoms with Crippen LogP contribution in [0.15, 0.2) is 54.7 Å². The first-order valence-corrected chi connectivity index (χ1v) is 5.72. The molecule has 2 nitrogen and oxygen atoms in total. The summed E-state index contributed by atoms with van der Waals surface area (Å²) in [5.41, 5.74) is 2.25. The zero-order valence-electron chi connectivity index (χ0n) is 9.58. The predicted molar refractivity (Wildman–Crippen MR) is 67.4 cm³/mol. The molecule has 0 aliphatic carbocycles. The van der Waals surface area contributed by atoms with Crippen LogP contribution < -0.4 is 0 Å². The highest BCUT2D eigenvalue weighted by molar-refractivity contribution is 5.22. The van der Waals surface area contributed by atoms with Gasteiger partial charge in [0.25, 0.3) is 0 Å². The molecule has 0 amide bonds. The Morgan fingerprint density at radius 2 is 1.82 bits per heavy atom. The Labute approximate surface area is 102 Å². The van der Waals surface area contributed by atoms with Crippen molar-refractivity contribution in [3.05, 3.63) is 66.0 Å². The van der Waals surface area contributed by atoms with Gasteiger partial charge in [-0.1, -0.05) is 36.4 Å².